The van der Waals surface area contributed by atoms with Crippen LogP contribution in [0.25, 0.3) is 22.8 Å². The second-order valence-electron chi connectivity index (χ2n) is 6.47. The number of hydrogen-bond donors (Lipinski definition) is 0. The highest BCUT2D eigenvalue weighted by molar-refractivity contribution is 6.32. The minimum absolute atomic E-state index is 0.175. The topological polar surface area (TPSA) is 129 Å². The van der Waals surface area contributed by atoms with E-state index in [1.165, 1.54) is 24.3 Å². The van der Waals surface area contributed by atoms with Crippen LogP contribution in [0.3, 0.4) is 0 Å². The van der Waals surface area contributed by atoms with Gasteiger partial charge in [0, 0.05) is 28.8 Å². The zero-order valence-corrected chi connectivity index (χ0v) is 15.7. The maximum Gasteiger partial charge on any atom is 0.284 e. The van der Waals surface area contributed by atoms with E-state index in [0.717, 1.165) is 6.07 Å². The number of hydrogen-bond acceptors (Lipinski definition) is 6. The normalized spacial score (nSPS) is 13.0. The summed E-state index contributed by atoms with van der Waals surface area (Å²) in [4.78, 5) is 32.3. The smallest absolute Gasteiger partial charge is 0.258 e. The number of rotatable bonds is 4. The van der Waals surface area contributed by atoms with Gasteiger partial charge in [0.25, 0.3) is 17.1 Å². The first-order valence-electron chi connectivity index (χ1n) is 8.50. The molecule has 0 fully saturated rings. The number of halogens is 1. The molecule has 0 atom stereocenters. The molecule has 4 rings (SSSR count). The molecule has 1 aliphatic carbocycles. The van der Waals surface area contributed by atoms with Gasteiger partial charge in [0.1, 0.15) is 0 Å². The lowest BCUT2D eigenvalue weighted by Crippen LogP contribution is -1.96. The van der Waals surface area contributed by atoms with Gasteiger partial charge in [-0.05, 0) is 40.5 Å². The van der Waals surface area contributed by atoms with Gasteiger partial charge in [0.2, 0.25) is 0 Å². The van der Waals surface area contributed by atoms with Gasteiger partial charge >= 0.3 is 0 Å². The number of non-ortho nitro benzene ring substituents is 2. The van der Waals surface area contributed by atoms with E-state index in [4.69, 9.17) is 11.6 Å². The standard InChI is InChI=1S/C20H10ClN3O6/c21-18-4-2-1-3-11(18)7-15-16-8-12(22(25)26)5-6-14(16)20-17(15)9-13(23(27)28)10-19(20)24(29)30/h1-10H. The Bertz CT molecular complexity index is 1300. The summed E-state index contributed by atoms with van der Waals surface area (Å²) in [5.74, 6) is 0. The average molecular weight is 424 g/mol. The highest BCUT2D eigenvalue weighted by Gasteiger charge is 2.34. The third-order valence-corrected chi connectivity index (χ3v) is 5.12. The molecule has 0 aromatic heterocycles. The van der Waals surface area contributed by atoms with Crippen molar-refractivity contribution in [2.24, 2.45) is 0 Å². The Labute approximate surface area is 173 Å². The Kier molecular flexibility index (Phi) is 4.52. The Morgan fingerprint density at radius 3 is 2.03 bits per heavy atom. The zero-order chi connectivity index (χ0) is 21.6. The minimum Gasteiger partial charge on any atom is -0.258 e. The third kappa shape index (κ3) is 3.07. The molecular weight excluding hydrogens is 414 g/mol. The maximum atomic E-state index is 11.7. The highest BCUT2D eigenvalue weighted by Crippen LogP contribution is 2.51. The fourth-order valence-corrected chi connectivity index (χ4v) is 3.68. The monoisotopic (exact) mass is 423 g/mol. The SMILES string of the molecule is O=[N+]([O-])c1ccc2c(c1)C(=Cc1ccccc1Cl)c1cc([N+](=O)[O-])cc([N+](=O)[O-])c1-2. The third-order valence-electron chi connectivity index (χ3n) is 4.78. The van der Waals surface area contributed by atoms with Crippen LogP contribution in [0.1, 0.15) is 16.7 Å². The first kappa shape index (κ1) is 19.2. The second-order valence-corrected chi connectivity index (χ2v) is 6.88. The number of fused-ring (bicyclic) bond motifs is 3. The Hall–Kier alpha value is -4.11. The summed E-state index contributed by atoms with van der Waals surface area (Å²) in [6.45, 7) is 0. The number of nitro benzene ring substituents is 3. The van der Waals surface area contributed by atoms with E-state index < -0.39 is 26.1 Å². The summed E-state index contributed by atoms with van der Waals surface area (Å²) < 4.78 is 0. The van der Waals surface area contributed by atoms with Crippen molar-refractivity contribution in [2.45, 2.75) is 0 Å². The molecule has 3 aromatic carbocycles. The lowest BCUT2D eigenvalue weighted by atomic mass is 10.00. The van der Waals surface area contributed by atoms with E-state index in [9.17, 15) is 30.3 Å². The van der Waals surface area contributed by atoms with Crippen molar-refractivity contribution in [3.05, 3.63) is 107 Å². The molecule has 0 saturated heterocycles. The minimum atomic E-state index is -0.716. The molecule has 0 spiro atoms. The number of nitrogens with zero attached hydrogens (tertiary/aromatic N) is 3. The second kappa shape index (κ2) is 7.05. The van der Waals surface area contributed by atoms with E-state index >= 15 is 0 Å². The molecule has 0 radical (unpaired) electrons. The van der Waals surface area contributed by atoms with Crippen LogP contribution in [0.2, 0.25) is 5.02 Å². The van der Waals surface area contributed by atoms with E-state index in [1.54, 1.807) is 30.3 Å². The van der Waals surface area contributed by atoms with Crippen molar-refractivity contribution < 1.29 is 14.8 Å². The zero-order valence-electron chi connectivity index (χ0n) is 14.9. The fourth-order valence-electron chi connectivity index (χ4n) is 3.49. The van der Waals surface area contributed by atoms with Crippen LogP contribution in [0.4, 0.5) is 17.1 Å². The molecule has 10 heteroatoms. The van der Waals surface area contributed by atoms with Gasteiger partial charge in [0.05, 0.1) is 26.4 Å². The lowest BCUT2D eigenvalue weighted by molar-refractivity contribution is -0.393. The quantitative estimate of drug-likeness (QED) is 0.308. The van der Waals surface area contributed by atoms with Crippen LogP contribution in [0.15, 0.2) is 54.6 Å². The summed E-state index contributed by atoms with van der Waals surface area (Å²) in [7, 11) is 0. The molecular formula is C20H10ClN3O6. The Balaban J connectivity index is 2.11. The van der Waals surface area contributed by atoms with E-state index in [2.05, 4.69) is 0 Å². The van der Waals surface area contributed by atoms with Gasteiger partial charge in [-0.3, -0.25) is 30.3 Å². The molecule has 0 bridgehead atoms. The van der Waals surface area contributed by atoms with E-state index in [0.29, 0.717) is 27.3 Å². The first-order chi connectivity index (χ1) is 14.3. The number of nitro groups is 3. The van der Waals surface area contributed by atoms with Crippen molar-refractivity contribution in [1.29, 1.82) is 0 Å². The molecule has 1 aliphatic rings. The molecule has 0 N–H and O–H groups in total. The Morgan fingerprint density at radius 1 is 0.733 bits per heavy atom. The van der Waals surface area contributed by atoms with Gasteiger partial charge in [0.15, 0.2) is 0 Å². The number of benzene rings is 3. The summed E-state index contributed by atoms with van der Waals surface area (Å²) in [6.07, 6.45) is 1.62. The van der Waals surface area contributed by atoms with E-state index in [-0.39, 0.29) is 16.8 Å². The van der Waals surface area contributed by atoms with Crippen molar-refractivity contribution in [3.63, 3.8) is 0 Å². The lowest BCUT2D eigenvalue weighted by Gasteiger charge is -2.05. The summed E-state index contributed by atoms with van der Waals surface area (Å²) >= 11 is 6.23. The van der Waals surface area contributed by atoms with Gasteiger partial charge in [-0.25, -0.2) is 0 Å². The van der Waals surface area contributed by atoms with E-state index in [1.807, 2.05) is 0 Å². The van der Waals surface area contributed by atoms with Crippen molar-refractivity contribution in [3.8, 4) is 11.1 Å². The van der Waals surface area contributed by atoms with Crippen LogP contribution in [0.5, 0.6) is 0 Å². The molecule has 3 aromatic rings. The molecule has 9 nitrogen and oxygen atoms in total. The maximum absolute atomic E-state index is 11.7. The predicted molar refractivity (Wildman–Crippen MR) is 110 cm³/mol. The largest absolute Gasteiger partial charge is 0.284 e. The average Bonchev–Trinajstić information content (AvgIpc) is 3.01. The summed E-state index contributed by atoms with van der Waals surface area (Å²) in [5, 5.41) is 34.7. The van der Waals surface area contributed by atoms with Gasteiger partial charge in [-0.2, -0.15) is 0 Å². The summed E-state index contributed by atoms with van der Waals surface area (Å²) in [5.41, 5.74) is 1.00. The van der Waals surface area contributed by atoms with Crippen LogP contribution in [-0.2, 0) is 0 Å². The van der Waals surface area contributed by atoms with Crippen LogP contribution < -0.4 is 0 Å². The highest BCUT2D eigenvalue weighted by atomic mass is 35.5. The Morgan fingerprint density at radius 2 is 1.40 bits per heavy atom. The molecule has 0 heterocycles. The van der Waals surface area contributed by atoms with Crippen LogP contribution in [0, 0.1) is 30.3 Å². The molecule has 0 saturated carbocycles. The molecule has 30 heavy (non-hydrogen) atoms. The van der Waals surface area contributed by atoms with Crippen LogP contribution in [-0.4, -0.2) is 14.8 Å². The van der Waals surface area contributed by atoms with Crippen LogP contribution >= 0.6 is 11.6 Å². The van der Waals surface area contributed by atoms with Gasteiger partial charge < -0.3 is 0 Å². The van der Waals surface area contributed by atoms with Crippen molar-refractivity contribution >= 4 is 40.3 Å². The van der Waals surface area contributed by atoms with Gasteiger partial charge in [-0.1, -0.05) is 29.8 Å². The summed E-state index contributed by atoms with van der Waals surface area (Å²) in [6, 6.07) is 12.9. The fraction of sp³-hybridized carbons (Fsp3) is 0. The predicted octanol–water partition coefficient (Wildman–Crippen LogP) is 5.63. The molecule has 0 aliphatic heterocycles. The first-order valence-corrected chi connectivity index (χ1v) is 8.88. The van der Waals surface area contributed by atoms with Crippen molar-refractivity contribution in [2.75, 3.05) is 0 Å². The molecule has 0 amide bonds. The van der Waals surface area contributed by atoms with Gasteiger partial charge in [-0.15, -0.1) is 0 Å². The molecule has 148 valence electrons. The molecule has 0 unspecified atom stereocenters. The van der Waals surface area contributed by atoms with Crippen molar-refractivity contribution in [1.82, 2.24) is 0 Å².